The summed E-state index contributed by atoms with van der Waals surface area (Å²) >= 11 is 0. The zero-order valence-corrected chi connectivity index (χ0v) is 15.3. The van der Waals surface area contributed by atoms with E-state index in [4.69, 9.17) is 9.47 Å². The van der Waals surface area contributed by atoms with Crippen molar-refractivity contribution < 1.29 is 14.3 Å². The standard InChI is InChI=1S/C19H29N3O3/c1-13-11-22(12-14(2)25-13)17-8-5-4-7-16(17)21-19(23)20-15(3)18-9-6-10-24-18/h4-5,7-8,13-15,18H,6,9-12H2,1-3H3,(H2,20,21,23)/t13-,14-,15-,18+/m1/s1. The molecule has 2 amide bonds. The molecule has 2 aliphatic rings. The van der Waals surface area contributed by atoms with Gasteiger partial charge in [0.2, 0.25) is 0 Å². The molecule has 138 valence electrons. The molecule has 2 fully saturated rings. The quantitative estimate of drug-likeness (QED) is 0.879. The summed E-state index contributed by atoms with van der Waals surface area (Å²) in [6.45, 7) is 8.57. The number of para-hydroxylation sites is 2. The number of rotatable bonds is 4. The van der Waals surface area contributed by atoms with Gasteiger partial charge in [0.25, 0.3) is 0 Å². The highest BCUT2D eigenvalue weighted by atomic mass is 16.5. The van der Waals surface area contributed by atoms with Gasteiger partial charge in [-0.05, 0) is 45.7 Å². The molecule has 0 saturated carbocycles. The Kier molecular flexibility index (Phi) is 5.81. The molecule has 2 N–H and O–H groups in total. The van der Waals surface area contributed by atoms with Gasteiger partial charge in [-0.2, -0.15) is 0 Å². The van der Waals surface area contributed by atoms with Gasteiger partial charge in [0.1, 0.15) is 0 Å². The molecule has 1 aromatic carbocycles. The molecule has 2 saturated heterocycles. The molecular weight excluding hydrogens is 318 g/mol. The molecule has 6 heteroatoms. The Balaban J connectivity index is 1.65. The van der Waals surface area contributed by atoms with Crippen LogP contribution in [0.3, 0.4) is 0 Å². The fourth-order valence-electron chi connectivity index (χ4n) is 3.68. The van der Waals surface area contributed by atoms with Crippen LogP contribution in [0.25, 0.3) is 0 Å². The fraction of sp³-hybridized carbons (Fsp3) is 0.632. The van der Waals surface area contributed by atoms with E-state index in [2.05, 4.69) is 29.4 Å². The first-order valence-corrected chi connectivity index (χ1v) is 9.21. The summed E-state index contributed by atoms with van der Waals surface area (Å²) < 4.78 is 11.5. The van der Waals surface area contributed by atoms with E-state index in [0.717, 1.165) is 43.9 Å². The summed E-state index contributed by atoms with van der Waals surface area (Å²) in [6.07, 6.45) is 2.52. The Hall–Kier alpha value is -1.79. The topological polar surface area (TPSA) is 62.8 Å². The summed E-state index contributed by atoms with van der Waals surface area (Å²) in [5.74, 6) is 0. The van der Waals surface area contributed by atoms with Crippen LogP contribution in [-0.4, -0.2) is 50.1 Å². The number of hydrogen-bond acceptors (Lipinski definition) is 4. The lowest BCUT2D eigenvalue weighted by Crippen LogP contribution is -2.46. The Labute approximate surface area is 149 Å². The Morgan fingerprint density at radius 1 is 1.24 bits per heavy atom. The molecule has 2 aliphatic heterocycles. The predicted molar refractivity (Wildman–Crippen MR) is 99.3 cm³/mol. The monoisotopic (exact) mass is 347 g/mol. The molecule has 0 aliphatic carbocycles. The van der Waals surface area contributed by atoms with Crippen LogP contribution in [0.5, 0.6) is 0 Å². The molecule has 6 nitrogen and oxygen atoms in total. The average Bonchev–Trinajstić information content (AvgIpc) is 3.09. The van der Waals surface area contributed by atoms with Crippen LogP contribution >= 0.6 is 0 Å². The van der Waals surface area contributed by atoms with Crippen molar-refractivity contribution in [3.05, 3.63) is 24.3 Å². The van der Waals surface area contributed by atoms with Crippen molar-refractivity contribution in [1.82, 2.24) is 5.32 Å². The molecule has 0 aromatic heterocycles. The second-order valence-corrected chi connectivity index (χ2v) is 7.12. The summed E-state index contributed by atoms with van der Waals surface area (Å²) in [6, 6.07) is 7.73. The minimum Gasteiger partial charge on any atom is -0.376 e. The first-order chi connectivity index (χ1) is 12.0. The van der Waals surface area contributed by atoms with Crippen LogP contribution in [0.2, 0.25) is 0 Å². The van der Waals surface area contributed by atoms with Gasteiger partial charge in [-0.3, -0.25) is 0 Å². The van der Waals surface area contributed by atoms with Crippen molar-refractivity contribution >= 4 is 17.4 Å². The van der Waals surface area contributed by atoms with Crippen molar-refractivity contribution in [1.29, 1.82) is 0 Å². The highest BCUT2D eigenvalue weighted by Gasteiger charge is 2.26. The van der Waals surface area contributed by atoms with Gasteiger partial charge in [0, 0.05) is 19.7 Å². The van der Waals surface area contributed by atoms with Crippen molar-refractivity contribution in [3.8, 4) is 0 Å². The number of ether oxygens (including phenoxy) is 2. The summed E-state index contributed by atoms with van der Waals surface area (Å²) in [7, 11) is 0. The Bertz CT molecular complexity index is 579. The van der Waals surface area contributed by atoms with Crippen molar-refractivity contribution in [2.24, 2.45) is 0 Å². The van der Waals surface area contributed by atoms with Gasteiger partial charge in [0.15, 0.2) is 0 Å². The fourth-order valence-corrected chi connectivity index (χ4v) is 3.68. The van der Waals surface area contributed by atoms with E-state index in [-0.39, 0.29) is 30.4 Å². The first kappa shape index (κ1) is 18.0. The zero-order valence-electron chi connectivity index (χ0n) is 15.3. The number of hydrogen-bond donors (Lipinski definition) is 2. The lowest BCUT2D eigenvalue weighted by atomic mass is 10.1. The number of anilines is 2. The summed E-state index contributed by atoms with van der Waals surface area (Å²) in [5, 5.41) is 6.00. The second kappa shape index (κ2) is 8.06. The number of carbonyl (C=O) groups excluding carboxylic acids is 1. The van der Waals surface area contributed by atoms with Crippen LogP contribution in [0, 0.1) is 0 Å². The van der Waals surface area contributed by atoms with Gasteiger partial charge in [-0.1, -0.05) is 12.1 Å². The van der Waals surface area contributed by atoms with Crippen LogP contribution in [0.1, 0.15) is 33.6 Å². The van der Waals surface area contributed by atoms with E-state index in [1.807, 2.05) is 31.2 Å². The Morgan fingerprint density at radius 2 is 1.96 bits per heavy atom. The van der Waals surface area contributed by atoms with Gasteiger partial charge in [0.05, 0.1) is 35.7 Å². The van der Waals surface area contributed by atoms with Crippen molar-refractivity contribution in [3.63, 3.8) is 0 Å². The predicted octanol–water partition coefficient (Wildman–Crippen LogP) is 2.99. The lowest BCUT2D eigenvalue weighted by molar-refractivity contribution is -0.00517. The SMILES string of the molecule is C[C@@H]1CN(c2ccccc2NC(=O)N[C@H](C)[C@@H]2CCCO2)C[C@@H](C)O1. The van der Waals surface area contributed by atoms with Gasteiger partial charge in [-0.25, -0.2) is 4.79 Å². The normalized spacial score (nSPS) is 27.8. The number of carbonyl (C=O) groups is 1. The molecule has 3 rings (SSSR count). The number of nitrogens with zero attached hydrogens (tertiary/aromatic N) is 1. The molecule has 0 spiro atoms. The minimum atomic E-state index is -0.190. The lowest BCUT2D eigenvalue weighted by Gasteiger charge is -2.37. The molecule has 1 aromatic rings. The maximum absolute atomic E-state index is 12.4. The van der Waals surface area contributed by atoms with Gasteiger partial charge < -0.3 is 25.0 Å². The smallest absolute Gasteiger partial charge is 0.319 e. The van der Waals surface area contributed by atoms with E-state index < -0.39 is 0 Å². The molecule has 0 unspecified atom stereocenters. The number of amides is 2. The third-order valence-electron chi connectivity index (χ3n) is 4.79. The summed E-state index contributed by atoms with van der Waals surface area (Å²) in [4.78, 5) is 14.7. The van der Waals surface area contributed by atoms with E-state index in [1.54, 1.807) is 0 Å². The highest BCUT2D eigenvalue weighted by Crippen LogP contribution is 2.28. The van der Waals surface area contributed by atoms with Crippen molar-refractivity contribution in [2.75, 3.05) is 29.9 Å². The molecule has 2 heterocycles. The molecule has 25 heavy (non-hydrogen) atoms. The Morgan fingerprint density at radius 3 is 2.64 bits per heavy atom. The number of urea groups is 1. The molecular formula is C19H29N3O3. The van der Waals surface area contributed by atoms with E-state index in [0.29, 0.717) is 0 Å². The number of nitrogens with one attached hydrogen (secondary N) is 2. The van der Waals surface area contributed by atoms with Crippen LogP contribution < -0.4 is 15.5 Å². The maximum Gasteiger partial charge on any atom is 0.319 e. The zero-order chi connectivity index (χ0) is 17.8. The second-order valence-electron chi connectivity index (χ2n) is 7.12. The van der Waals surface area contributed by atoms with Crippen LogP contribution in [0.4, 0.5) is 16.2 Å². The van der Waals surface area contributed by atoms with Crippen molar-refractivity contribution in [2.45, 2.75) is 58.0 Å². The highest BCUT2D eigenvalue weighted by molar-refractivity contribution is 5.93. The average molecular weight is 347 g/mol. The minimum absolute atomic E-state index is 0.00177. The number of benzene rings is 1. The van der Waals surface area contributed by atoms with E-state index in [9.17, 15) is 4.79 Å². The first-order valence-electron chi connectivity index (χ1n) is 9.21. The molecule has 4 atom stereocenters. The third kappa shape index (κ3) is 4.64. The van der Waals surface area contributed by atoms with E-state index in [1.165, 1.54) is 0 Å². The molecule has 0 radical (unpaired) electrons. The largest absolute Gasteiger partial charge is 0.376 e. The van der Waals surface area contributed by atoms with E-state index >= 15 is 0 Å². The summed E-state index contributed by atoms with van der Waals surface area (Å²) in [5.41, 5.74) is 1.85. The van der Waals surface area contributed by atoms with Gasteiger partial charge in [-0.15, -0.1) is 0 Å². The van der Waals surface area contributed by atoms with Gasteiger partial charge >= 0.3 is 6.03 Å². The maximum atomic E-state index is 12.4. The molecule has 0 bridgehead atoms. The van der Waals surface area contributed by atoms with Crippen LogP contribution in [-0.2, 0) is 9.47 Å². The third-order valence-corrected chi connectivity index (χ3v) is 4.79. The number of morpholine rings is 1. The van der Waals surface area contributed by atoms with Crippen LogP contribution in [0.15, 0.2) is 24.3 Å².